The lowest BCUT2D eigenvalue weighted by Crippen LogP contribution is -2.11. The van der Waals surface area contributed by atoms with Crippen LogP contribution in [-0.4, -0.2) is 10.9 Å². The largest absolute Gasteiger partial charge is 0.360 e. The number of fused-ring (bicyclic) bond motifs is 1. The van der Waals surface area contributed by atoms with Crippen molar-refractivity contribution in [2.24, 2.45) is 0 Å². The van der Waals surface area contributed by atoms with Crippen molar-refractivity contribution in [3.8, 4) is 0 Å². The predicted octanol–water partition coefficient (Wildman–Crippen LogP) is 4.87. The third-order valence-corrected chi connectivity index (χ3v) is 3.91. The van der Waals surface area contributed by atoms with Crippen molar-refractivity contribution in [1.82, 2.24) is 4.98 Å². The van der Waals surface area contributed by atoms with E-state index in [2.05, 4.69) is 10.3 Å². The Kier molecular flexibility index (Phi) is 3.57. The molecule has 0 saturated heterocycles. The summed E-state index contributed by atoms with van der Waals surface area (Å²) >= 11 is 11.9. The number of benzene rings is 2. The summed E-state index contributed by atoms with van der Waals surface area (Å²) in [6, 6.07) is 9.16. The first-order valence-corrected chi connectivity index (χ1v) is 6.84. The Morgan fingerprint density at radius 2 is 2.00 bits per heavy atom. The van der Waals surface area contributed by atoms with Gasteiger partial charge in [0.2, 0.25) is 0 Å². The van der Waals surface area contributed by atoms with E-state index in [0.29, 0.717) is 27.2 Å². The number of carbonyl (C=O) groups is 1. The van der Waals surface area contributed by atoms with Gasteiger partial charge in [-0.25, -0.2) is 4.39 Å². The molecule has 106 valence electrons. The van der Waals surface area contributed by atoms with Crippen molar-refractivity contribution in [2.75, 3.05) is 5.32 Å². The normalized spacial score (nSPS) is 10.8. The molecule has 1 aromatic heterocycles. The quantitative estimate of drug-likeness (QED) is 0.694. The summed E-state index contributed by atoms with van der Waals surface area (Å²) in [5, 5.41) is 3.78. The van der Waals surface area contributed by atoms with Gasteiger partial charge in [-0.05, 0) is 30.3 Å². The van der Waals surface area contributed by atoms with Crippen molar-refractivity contribution in [2.45, 2.75) is 0 Å². The molecule has 3 rings (SSSR count). The Hall–Kier alpha value is -2.04. The highest BCUT2D eigenvalue weighted by atomic mass is 35.5. The number of aromatic amines is 1. The Bertz CT molecular complexity index is 845. The van der Waals surface area contributed by atoms with Crippen LogP contribution in [0.2, 0.25) is 10.0 Å². The molecule has 0 radical (unpaired) electrons. The standard InChI is InChI=1S/C15H9Cl2FN2O/c16-11-2-1-3-13(14(11)17)20-15(21)10-7-19-12-5-4-8(18)6-9(10)12/h1-7,19H,(H,20,21). The molecule has 0 aliphatic rings. The molecule has 0 atom stereocenters. The summed E-state index contributed by atoms with van der Waals surface area (Å²) in [7, 11) is 0. The summed E-state index contributed by atoms with van der Waals surface area (Å²) in [6.07, 6.45) is 1.53. The molecular weight excluding hydrogens is 314 g/mol. The molecule has 1 amide bonds. The van der Waals surface area contributed by atoms with E-state index in [-0.39, 0.29) is 5.02 Å². The number of hydrogen-bond acceptors (Lipinski definition) is 1. The van der Waals surface area contributed by atoms with Gasteiger partial charge in [0.05, 0.1) is 21.3 Å². The van der Waals surface area contributed by atoms with Crippen LogP contribution >= 0.6 is 23.2 Å². The van der Waals surface area contributed by atoms with Crippen LogP contribution in [0.25, 0.3) is 10.9 Å². The number of carbonyl (C=O) groups excluding carboxylic acids is 1. The predicted molar refractivity (Wildman–Crippen MR) is 82.7 cm³/mol. The SMILES string of the molecule is O=C(Nc1cccc(Cl)c1Cl)c1c[nH]c2ccc(F)cc12. The van der Waals surface area contributed by atoms with Crippen molar-refractivity contribution in [1.29, 1.82) is 0 Å². The smallest absolute Gasteiger partial charge is 0.257 e. The summed E-state index contributed by atoms with van der Waals surface area (Å²) in [5.74, 6) is -0.798. The molecule has 0 aliphatic carbocycles. The minimum atomic E-state index is -0.406. The molecule has 0 saturated carbocycles. The highest BCUT2D eigenvalue weighted by Gasteiger charge is 2.14. The van der Waals surface area contributed by atoms with Gasteiger partial charge in [0.1, 0.15) is 5.82 Å². The van der Waals surface area contributed by atoms with Gasteiger partial charge in [-0.3, -0.25) is 4.79 Å². The van der Waals surface area contributed by atoms with Gasteiger partial charge in [-0.2, -0.15) is 0 Å². The molecule has 0 bridgehead atoms. The molecule has 6 heteroatoms. The topological polar surface area (TPSA) is 44.9 Å². The van der Waals surface area contributed by atoms with Crippen molar-refractivity contribution >= 4 is 45.7 Å². The summed E-state index contributed by atoms with van der Waals surface area (Å²) in [4.78, 5) is 15.2. The van der Waals surface area contributed by atoms with Crippen molar-refractivity contribution in [3.63, 3.8) is 0 Å². The fourth-order valence-corrected chi connectivity index (χ4v) is 2.42. The van der Waals surface area contributed by atoms with E-state index in [1.165, 1.54) is 18.3 Å². The zero-order chi connectivity index (χ0) is 15.0. The zero-order valence-corrected chi connectivity index (χ0v) is 12.1. The van der Waals surface area contributed by atoms with Gasteiger partial charge in [-0.1, -0.05) is 29.3 Å². The maximum absolute atomic E-state index is 13.3. The average molecular weight is 323 g/mol. The van der Waals surface area contributed by atoms with Crippen LogP contribution < -0.4 is 5.32 Å². The number of amides is 1. The maximum Gasteiger partial charge on any atom is 0.257 e. The number of nitrogens with one attached hydrogen (secondary N) is 2. The highest BCUT2D eigenvalue weighted by Crippen LogP contribution is 2.30. The molecule has 3 aromatic rings. The summed E-state index contributed by atoms with van der Waals surface area (Å²) < 4.78 is 13.3. The minimum absolute atomic E-state index is 0.263. The van der Waals surface area contributed by atoms with Gasteiger partial charge >= 0.3 is 0 Å². The van der Waals surface area contributed by atoms with Crippen LogP contribution in [0.15, 0.2) is 42.6 Å². The first-order chi connectivity index (χ1) is 10.1. The van der Waals surface area contributed by atoms with Crippen LogP contribution in [0.4, 0.5) is 10.1 Å². The van der Waals surface area contributed by atoms with Gasteiger partial charge in [0.25, 0.3) is 5.91 Å². The zero-order valence-electron chi connectivity index (χ0n) is 10.6. The molecule has 0 aliphatic heterocycles. The molecule has 21 heavy (non-hydrogen) atoms. The van der Waals surface area contributed by atoms with Crippen LogP contribution in [-0.2, 0) is 0 Å². The van der Waals surface area contributed by atoms with Crippen LogP contribution in [0, 0.1) is 5.82 Å². The monoisotopic (exact) mass is 322 g/mol. The average Bonchev–Trinajstić information content (AvgIpc) is 2.87. The Balaban J connectivity index is 1.97. The minimum Gasteiger partial charge on any atom is -0.360 e. The van der Waals surface area contributed by atoms with E-state index in [4.69, 9.17) is 23.2 Å². The van der Waals surface area contributed by atoms with E-state index in [1.54, 1.807) is 24.3 Å². The molecule has 3 nitrogen and oxygen atoms in total. The summed E-state index contributed by atoms with van der Waals surface area (Å²) in [6.45, 7) is 0. The van der Waals surface area contributed by atoms with Crippen molar-refractivity contribution in [3.05, 3.63) is 64.0 Å². The molecule has 2 N–H and O–H groups in total. The second-order valence-corrected chi connectivity index (χ2v) is 5.23. The van der Waals surface area contributed by atoms with E-state index in [0.717, 1.165) is 0 Å². The van der Waals surface area contributed by atoms with E-state index < -0.39 is 11.7 Å². The Morgan fingerprint density at radius 3 is 2.81 bits per heavy atom. The number of halogens is 3. The molecule has 0 fully saturated rings. The molecule has 1 heterocycles. The fourth-order valence-electron chi connectivity index (χ4n) is 2.07. The number of rotatable bonds is 2. The molecule has 2 aromatic carbocycles. The van der Waals surface area contributed by atoms with Gasteiger partial charge in [0.15, 0.2) is 0 Å². The molecular formula is C15H9Cl2FN2O. The van der Waals surface area contributed by atoms with Gasteiger partial charge in [-0.15, -0.1) is 0 Å². The second-order valence-electron chi connectivity index (χ2n) is 4.45. The number of anilines is 1. The Morgan fingerprint density at radius 1 is 1.19 bits per heavy atom. The maximum atomic E-state index is 13.3. The first kappa shape index (κ1) is 13.9. The van der Waals surface area contributed by atoms with Gasteiger partial charge in [0, 0.05) is 17.1 Å². The second kappa shape index (κ2) is 5.39. The van der Waals surface area contributed by atoms with Gasteiger partial charge < -0.3 is 10.3 Å². The highest BCUT2D eigenvalue weighted by molar-refractivity contribution is 6.44. The third-order valence-electron chi connectivity index (χ3n) is 3.09. The van der Waals surface area contributed by atoms with E-state index >= 15 is 0 Å². The van der Waals surface area contributed by atoms with Crippen molar-refractivity contribution < 1.29 is 9.18 Å². The Labute approximate surface area is 129 Å². The van der Waals surface area contributed by atoms with E-state index in [9.17, 15) is 9.18 Å². The fraction of sp³-hybridized carbons (Fsp3) is 0. The van der Waals surface area contributed by atoms with Crippen LogP contribution in [0.3, 0.4) is 0 Å². The first-order valence-electron chi connectivity index (χ1n) is 6.08. The third kappa shape index (κ3) is 2.60. The number of aromatic nitrogens is 1. The molecule has 0 spiro atoms. The lowest BCUT2D eigenvalue weighted by molar-refractivity contribution is 0.102. The number of H-pyrrole nitrogens is 1. The van der Waals surface area contributed by atoms with Crippen LogP contribution in [0.5, 0.6) is 0 Å². The summed E-state index contributed by atoms with van der Waals surface area (Å²) in [5.41, 5.74) is 1.42. The lowest BCUT2D eigenvalue weighted by atomic mass is 10.1. The number of hydrogen-bond donors (Lipinski definition) is 2. The lowest BCUT2D eigenvalue weighted by Gasteiger charge is -2.07. The molecule has 0 unspecified atom stereocenters. The van der Waals surface area contributed by atoms with Crippen LogP contribution in [0.1, 0.15) is 10.4 Å². The van der Waals surface area contributed by atoms with E-state index in [1.807, 2.05) is 0 Å².